The van der Waals surface area contributed by atoms with Crippen molar-refractivity contribution in [3.05, 3.63) is 24.5 Å². The lowest BCUT2D eigenvalue weighted by Crippen LogP contribution is -2.27. The van der Waals surface area contributed by atoms with Gasteiger partial charge in [0.05, 0.1) is 18.6 Å². The van der Waals surface area contributed by atoms with E-state index in [-0.39, 0.29) is 17.8 Å². The summed E-state index contributed by atoms with van der Waals surface area (Å²) in [6.07, 6.45) is 0.771. The van der Waals surface area contributed by atoms with Gasteiger partial charge in [0.15, 0.2) is 12.5 Å². The minimum absolute atomic E-state index is 0.0514. The van der Waals surface area contributed by atoms with Gasteiger partial charge in [-0.05, 0) is 12.1 Å². The fourth-order valence-corrected chi connectivity index (χ4v) is 2.07. The molecule has 1 heterocycles. The van der Waals surface area contributed by atoms with Crippen LogP contribution in [0.15, 0.2) is 28.9 Å². The second-order valence-corrected chi connectivity index (χ2v) is 5.94. The first-order valence-corrected chi connectivity index (χ1v) is 7.87. The molecule has 1 aromatic carbocycles. The zero-order valence-electron chi connectivity index (χ0n) is 12.3. The van der Waals surface area contributed by atoms with E-state index >= 15 is 0 Å². The van der Waals surface area contributed by atoms with E-state index in [9.17, 15) is 21.6 Å². The van der Waals surface area contributed by atoms with E-state index in [0.717, 1.165) is 6.26 Å². The first kappa shape index (κ1) is 18.4. The van der Waals surface area contributed by atoms with Crippen LogP contribution in [-0.4, -0.2) is 41.0 Å². The normalized spacial score (nSPS) is 12.5. The Hall–Kier alpha value is -1.98. The Morgan fingerprint density at radius 1 is 1.21 bits per heavy atom. The standard InChI is InChI=1S/C13H13F3O7S/c1-19-4-5-20-8-22-9-2-3-10-11(6-9)21-7-12(10)23-24(17,18)13(14,15)16/h2-3,6-7H,4-5,8H2,1H3. The number of furan rings is 1. The molecule has 0 saturated carbocycles. The van der Waals surface area contributed by atoms with Gasteiger partial charge in [0.1, 0.15) is 17.6 Å². The van der Waals surface area contributed by atoms with Crippen molar-refractivity contribution in [1.29, 1.82) is 0 Å². The Labute approximate surface area is 135 Å². The molecule has 2 rings (SSSR count). The number of alkyl halides is 3. The van der Waals surface area contributed by atoms with Crippen LogP contribution in [0.2, 0.25) is 0 Å². The Morgan fingerprint density at radius 2 is 1.96 bits per heavy atom. The van der Waals surface area contributed by atoms with Gasteiger partial charge < -0.3 is 22.8 Å². The SMILES string of the molecule is COCCOCOc1ccc2c(OS(=O)(=O)C(F)(F)F)coc2c1. The van der Waals surface area contributed by atoms with Gasteiger partial charge in [0.2, 0.25) is 0 Å². The minimum atomic E-state index is -5.77. The maximum absolute atomic E-state index is 12.3. The van der Waals surface area contributed by atoms with Crippen molar-refractivity contribution in [3.63, 3.8) is 0 Å². The highest BCUT2D eigenvalue weighted by molar-refractivity contribution is 7.88. The molecule has 0 bridgehead atoms. The van der Waals surface area contributed by atoms with Crippen molar-refractivity contribution in [1.82, 2.24) is 0 Å². The highest BCUT2D eigenvalue weighted by Crippen LogP contribution is 2.34. The number of hydrogen-bond acceptors (Lipinski definition) is 7. The van der Waals surface area contributed by atoms with E-state index in [0.29, 0.717) is 19.0 Å². The lowest BCUT2D eigenvalue weighted by atomic mass is 10.2. The Morgan fingerprint density at radius 3 is 2.62 bits per heavy atom. The summed E-state index contributed by atoms with van der Waals surface area (Å²) < 4.78 is 83.2. The summed E-state index contributed by atoms with van der Waals surface area (Å²) >= 11 is 0. The molecule has 1 aromatic heterocycles. The summed E-state index contributed by atoms with van der Waals surface area (Å²) in [7, 11) is -4.25. The molecule has 0 saturated heterocycles. The maximum Gasteiger partial charge on any atom is 0.534 e. The van der Waals surface area contributed by atoms with Crippen LogP contribution in [0.25, 0.3) is 11.0 Å². The molecule has 0 N–H and O–H groups in total. The Kier molecular flexibility index (Phi) is 5.57. The van der Waals surface area contributed by atoms with Crippen molar-refractivity contribution in [2.24, 2.45) is 0 Å². The molecule has 0 atom stereocenters. The van der Waals surface area contributed by atoms with Crippen LogP contribution >= 0.6 is 0 Å². The van der Waals surface area contributed by atoms with Crippen LogP contribution in [-0.2, 0) is 19.6 Å². The Balaban J connectivity index is 2.08. The molecule has 7 nitrogen and oxygen atoms in total. The molecule has 24 heavy (non-hydrogen) atoms. The highest BCUT2D eigenvalue weighted by atomic mass is 32.2. The monoisotopic (exact) mass is 370 g/mol. The number of methoxy groups -OCH3 is 1. The second-order valence-electron chi connectivity index (χ2n) is 4.40. The largest absolute Gasteiger partial charge is 0.534 e. The van der Waals surface area contributed by atoms with Gasteiger partial charge in [-0.3, -0.25) is 0 Å². The number of benzene rings is 1. The van der Waals surface area contributed by atoms with Crippen LogP contribution in [0.1, 0.15) is 0 Å². The van der Waals surface area contributed by atoms with Crippen LogP contribution in [0, 0.1) is 0 Å². The van der Waals surface area contributed by atoms with Gasteiger partial charge in [0, 0.05) is 13.2 Å². The summed E-state index contributed by atoms with van der Waals surface area (Å²) in [6, 6.07) is 4.08. The average molecular weight is 370 g/mol. The van der Waals surface area contributed by atoms with Crippen LogP contribution < -0.4 is 8.92 Å². The predicted molar refractivity (Wildman–Crippen MR) is 75.1 cm³/mol. The molecular formula is C13H13F3O7S. The van der Waals surface area contributed by atoms with E-state index in [1.807, 2.05) is 0 Å². The third-order valence-electron chi connectivity index (χ3n) is 2.74. The van der Waals surface area contributed by atoms with Gasteiger partial charge in [-0.15, -0.1) is 0 Å². The molecule has 134 valence electrons. The number of ether oxygens (including phenoxy) is 3. The minimum Gasteiger partial charge on any atom is -0.467 e. The zero-order valence-corrected chi connectivity index (χ0v) is 13.1. The molecular weight excluding hydrogens is 357 g/mol. The number of halogens is 3. The third-order valence-corrected chi connectivity index (χ3v) is 3.70. The molecule has 2 aromatic rings. The van der Waals surface area contributed by atoms with Crippen molar-refractivity contribution in [2.75, 3.05) is 27.1 Å². The summed E-state index contributed by atoms with van der Waals surface area (Å²) in [4.78, 5) is 0. The molecule has 0 aliphatic rings. The summed E-state index contributed by atoms with van der Waals surface area (Å²) in [5.74, 6) is -0.246. The maximum atomic E-state index is 12.3. The van der Waals surface area contributed by atoms with Gasteiger partial charge in [-0.25, -0.2) is 0 Å². The Bertz CT molecular complexity index is 782. The molecule has 0 unspecified atom stereocenters. The van der Waals surface area contributed by atoms with Crippen molar-refractivity contribution < 1.29 is 44.4 Å². The van der Waals surface area contributed by atoms with Crippen molar-refractivity contribution in [2.45, 2.75) is 5.51 Å². The number of rotatable bonds is 8. The second kappa shape index (κ2) is 7.28. The van der Waals surface area contributed by atoms with E-state index in [4.69, 9.17) is 18.6 Å². The molecule has 0 fully saturated rings. The molecule has 11 heteroatoms. The first-order valence-electron chi connectivity index (χ1n) is 6.46. The summed E-state index contributed by atoms with van der Waals surface area (Å²) in [5.41, 5.74) is -5.43. The lowest BCUT2D eigenvalue weighted by molar-refractivity contribution is -0.0499. The third kappa shape index (κ3) is 4.30. The average Bonchev–Trinajstić information content (AvgIpc) is 2.88. The van der Waals surface area contributed by atoms with Gasteiger partial charge >= 0.3 is 15.6 Å². The molecule has 0 aliphatic heterocycles. The predicted octanol–water partition coefficient (Wildman–Crippen LogP) is 2.66. The first-order chi connectivity index (χ1) is 11.2. The van der Waals surface area contributed by atoms with E-state index < -0.39 is 21.4 Å². The highest BCUT2D eigenvalue weighted by Gasteiger charge is 2.49. The summed E-state index contributed by atoms with van der Waals surface area (Å²) in [6.45, 7) is 0.656. The molecule has 0 radical (unpaired) electrons. The number of hydrogen-bond donors (Lipinski definition) is 0. The van der Waals surface area contributed by atoms with E-state index in [1.165, 1.54) is 25.3 Å². The van der Waals surface area contributed by atoms with Gasteiger partial charge in [0.25, 0.3) is 0 Å². The fraction of sp³-hybridized carbons (Fsp3) is 0.385. The van der Waals surface area contributed by atoms with Crippen molar-refractivity contribution >= 4 is 21.1 Å². The van der Waals surface area contributed by atoms with Crippen LogP contribution in [0.5, 0.6) is 11.5 Å². The zero-order chi connectivity index (χ0) is 17.8. The van der Waals surface area contributed by atoms with Crippen molar-refractivity contribution in [3.8, 4) is 11.5 Å². The molecule has 0 aliphatic carbocycles. The summed E-state index contributed by atoms with van der Waals surface area (Å²) in [5, 5.41) is 0.0514. The number of fused-ring (bicyclic) bond motifs is 1. The van der Waals surface area contributed by atoms with Crippen LogP contribution in [0.3, 0.4) is 0 Å². The molecule has 0 amide bonds. The van der Waals surface area contributed by atoms with E-state index in [2.05, 4.69) is 4.18 Å². The van der Waals surface area contributed by atoms with Gasteiger partial charge in [-0.2, -0.15) is 21.6 Å². The van der Waals surface area contributed by atoms with E-state index in [1.54, 1.807) is 0 Å². The van der Waals surface area contributed by atoms with Crippen LogP contribution in [0.4, 0.5) is 13.2 Å². The quantitative estimate of drug-likeness (QED) is 0.306. The smallest absolute Gasteiger partial charge is 0.467 e. The topological polar surface area (TPSA) is 84.2 Å². The molecule has 0 spiro atoms. The lowest BCUT2D eigenvalue weighted by Gasteiger charge is -2.08. The fourth-order valence-electron chi connectivity index (χ4n) is 1.61. The van der Waals surface area contributed by atoms with Gasteiger partial charge in [-0.1, -0.05) is 0 Å².